The second kappa shape index (κ2) is 9.47. The Morgan fingerprint density at radius 2 is 1.68 bits per heavy atom. The van der Waals surface area contributed by atoms with Crippen LogP contribution in [0.3, 0.4) is 0 Å². The first-order chi connectivity index (χ1) is 12.1. The smallest absolute Gasteiger partial charge is 0.337 e. The van der Waals surface area contributed by atoms with Crippen LogP contribution in [0.1, 0.15) is 27.9 Å². The molecule has 132 valence electrons. The molecule has 2 rings (SSSR count). The predicted octanol–water partition coefficient (Wildman–Crippen LogP) is 2.77. The molecule has 0 spiro atoms. The van der Waals surface area contributed by atoms with E-state index in [1.54, 1.807) is 19.2 Å². The van der Waals surface area contributed by atoms with Gasteiger partial charge in [0.2, 0.25) is 5.91 Å². The van der Waals surface area contributed by atoms with Gasteiger partial charge in [0, 0.05) is 13.0 Å². The van der Waals surface area contributed by atoms with Gasteiger partial charge in [-0.3, -0.25) is 4.79 Å². The summed E-state index contributed by atoms with van der Waals surface area (Å²) in [5.41, 5.74) is 2.60. The Kier molecular flexibility index (Phi) is 7.01. The topological polar surface area (TPSA) is 64.6 Å². The highest BCUT2D eigenvalue weighted by Crippen LogP contribution is 2.18. The van der Waals surface area contributed by atoms with Gasteiger partial charge in [-0.15, -0.1) is 0 Å². The number of amides is 1. The van der Waals surface area contributed by atoms with Crippen LogP contribution in [0.2, 0.25) is 0 Å². The first kappa shape index (κ1) is 18.5. The number of nitrogens with one attached hydrogen (secondary N) is 1. The Labute approximate surface area is 148 Å². The summed E-state index contributed by atoms with van der Waals surface area (Å²) in [7, 11) is 2.99. The molecule has 5 heteroatoms. The number of benzene rings is 2. The van der Waals surface area contributed by atoms with Crippen LogP contribution < -0.4 is 10.1 Å². The highest BCUT2D eigenvalue weighted by molar-refractivity contribution is 5.89. The lowest BCUT2D eigenvalue weighted by Crippen LogP contribution is -2.25. The number of hydrogen-bond donors (Lipinski definition) is 1. The van der Waals surface area contributed by atoms with Gasteiger partial charge in [0.1, 0.15) is 5.75 Å². The number of ether oxygens (including phenoxy) is 2. The molecule has 0 unspecified atom stereocenters. The number of carbonyl (C=O) groups excluding carboxylic acids is 2. The Hall–Kier alpha value is -2.82. The van der Waals surface area contributed by atoms with Crippen molar-refractivity contribution < 1.29 is 19.1 Å². The molecule has 0 aliphatic heterocycles. The summed E-state index contributed by atoms with van der Waals surface area (Å²) in [6.45, 7) is 0.558. The molecular weight excluding hydrogens is 318 g/mol. The zero-order valence-electron chi connectivity index (χ0n) is 14.6. The molecule has 1 amide bonds. The fourth-order valence-corrected chi connectivity index (χ4v) is 2.52. The molecule has 2 aromatic rings. The third-order valence-electron chi connectivity index (χ3n) is 3.92. The minimum Gasteiger partial charge on any atom is -0.496 e. The Morgan fingerprint density at radius 1 is 0.960 bits per heavy atom. The maximum Gasteiger partial charge on any atom is 0.337 e. The number of esters is 1. The molecule has 0 radical (unpaired) electrons. The summed E-state index contributed by atoms with van der Waals surface area (Å²) in [4.78, 5) is 23.3. The largest absolute Gasteiger partial charge is 0.496 e. The highest BCUT2D eigenvalue weighted by Gasteiger charge is 2.07. The molecule has 0 aromatic heterocycles. The van der Waals surface area contributed by atoms with Gasteiger partial charge in [-0.2, -0.15) is 0 Å². The molecule has 0 aliphatic carbocycles. The van der Waals surface area contributed by atoms with Gasteiger partial charge in [-0.05, 0) is 42.2 Å². The maximum atomic E-state index is 12.0. The van der Waals surface area contributed by atoms with Crippen molar-refractivity contribution >= 4 is 11.9 Å². The van der Waals surface area contributed by atoms with E-state index in [9.17, 15) is 9.59 Å². The third-order valence-corrected chi connectivity index (χ3v) is 3.92. The fraction of sp³-hybridized carbons (Fsp3) is 0.300. The lowest BCUT2D eigenvalue weighted by Gasteiger charge is -2.09. The lowest BCUT2D eigenvalue weighted by atomic mass is 10.1. The van der Waals surface area contributed by atoms with Crippen LogP contribution in [0.5, 0.6) is 5.75 Å². The van der Waals surface area contributed by atoms with Crippen molar-refractivity contribution in [3.63, 3.8) is 0 Å². The zero-order valence-corrected chi connectivity index (χ0v) is 14.6. The highest BCUT2D eigenvalue weighted by atomic mass is 16.5. The van der Waals surface area contributed by atoms with Crippen molar-refractivity contribution in [3.8, 4) is 5.75 Å². The second-order valence-corrected chi connectivity index (χ2v) is 5.60. The molecule has 0 saturated carbocycles. The molecular formula is C20H23NO4. The van der Waals surface area contributed by atoms with Crippen molar-refractivity contribution in [2.24, 2.45) is 0 Å². The van der Waals surface area contributed by atoms with Crippen molar-refractivity contribution in [3.05, 3.63) is 65.2 Å². The number of carbonyl (C=O) groups is 2. The van der Waals surface area contributed by atoms with Gasteiger partial charge in [-0.1, -0.05) is 30.3 Å². The van der Waals surface area contributed by atoms with E-state index >= 15 is 0 Å². The first-order valence-electron chi connectivity index (χ1n) is 8.20. The molecule has 0 bridgehead atoms. The van der Waals surface area contributed by atoms with E-state index in [0.717, 1.165) is 16.9 Å². The summed E-state index contributed by atoms with van der Waals surface area (Å²) >= 11 is 0. The first-order valence-corrected chi connectivity index (χ1v) is 8.20. The molecule has 0 fully saturated rings. The van der Waals surface area contributed by atoms with Crippen LogP contribution >= 0.6 is 0 Å². The van der Waals surface area contributed by atoms with E-state index in [4.69, 9.17) is 4.74 Å². The number of hydrogen-bond acceptors (Lipinski definition) is 4. The fourth-order valence-electron chi connectivity index (χ4n) is 2.52. The molecule has 0 heterocycles. The van der Waals surface area contributed by atoms with Gasteiger partial charge in [-0.25, -0.2) is 4.79 Å². The number of rotatable bonds is 8. The molecule has 0 saturated heterocycles. The summed E-state index contributed by atoms with van der Waals surface area (Å²) in [6.07, 6.45) is 1.77. The second-order valence-electron chi connectivity index (χ2n) is 5.60. The molecule has 0 aliphatic rings. The average Bonchev–Trinajstić information content (AvgIpc) is 2.66. The van der Waals surface area contributed by atoms with Gasteiger partial charge >= 0.3 is 5.97 Å². The minimum atomic E-state index is -0.351. The number of methoxy groups -OCH3 is 2. The van der Waals surface area contributed by atoms with Crippen LogP contribution in [0.4, 0.5) is 0 Å². The van der Waals surface area contributed by atoms with Crippen LogP contribution in [-0.4, -0.2) is 32.6 Å². The molecule has 25 heavy (non-hydrogen) atoms. The van der Waals surface area contributed by atoms with Crippen molar-refractivity contribution in [1.29, 1.82) is 0 Å². The summed E-state index contributed by atoms with van der Waals surface area (Å²) < 4.78 is 9.95. The number of aryl methyl sites for hydroxylation is 1. The molecule has 0 atom stereocenters. The third kappa shape index (κ3) is 5.64. The number of para-hydroxylation sites is 1. The van der Waals surface area contributed by atoms with E-state index in [-0.39, 0.29) is 11.9 Å². The van der Waals surface area contributed by atoms with E-state index in [0.29, 0.717) is 31.4 Å². The zero-order chi connectivity index (χ0) is 18.1. The van der Waals surface area contributed by atoms with Gasteiger partial charge in [0.05, 0.1) is 19.8 Å². The summed E-state index contributed by atoms with van der Waals surface area (Å²) in [5.74, 6) is 0.467. The summed E-state index contributed by atoms with van der Waals surface area (Å²) in [6, 6.07) is 14.9. The normalized spacial score (nSPS) is 10.2. The van der Waals surface area contributed by atoms with Crippen LogP contribution in [0.25, 0.3) is 0 Å². The van der Waals surface area contributed by atoms with Gasteiger partial charge < -0.3 is 14.8 Å². The maximum absolute atomic E-state index is 12.0. The predicted molar refractivity (Wildman–Crippen MR) is 95.8 cm³/mol. The summed E-state index contributed by atoms with van der Waals surface area (Å²) in [5, 5.41) is 2.92. The van der Waals surface area contributed by atoms with Crippen molar-refractivity contribution in [2.45, 2.75) is 19.3 Å². The Morgan fingerprint density at radius 3 is 2.36 bits per heavy atom. The lowest BCUT2D eigenvalue weighted by molar-refractivity contribution is -0.121. The quantitative estimate of drug-likeness (QED) is 0.750. The standard InChI is InChI=1S/C20H23NO4/c1-24-18-6-4-3-5-16(18)11-12-19(22)21-14-13-15-7-9-17(10-8-15)20(23)25-2/h3-10H,11-14H2,1-2H3,(H,21,22). The van der Waals surface area contributed by atoms with Crippen LogP contribution in [0.15, 0.2) is 48.5 Å². The Balaban J connectivity index is 1.74. The van der Waals surface area contributed by atoms with E-state index in [1.807, 2.05) is 36.4 Å². The van der Waals surface area contributed by atoms with E-state index < -0.39 is 0 Å². The van der Waals surface area contributed by atoms with Crippen LogP contribution in [-0.2, 0) is 22.4 Å². The van der Waals surface area contributed by atoms with Gasteiger partial charge in [0.25, 0.3) is 0 Å². The molecule has 2 aromatic carbocycles. The van der Waals surface area contributed by atoms with E-state index in [2.05, 4.69) is 10.1 Å². The SMILES string of the molecule is COC(=O)c1ccc(CCNC(=O)CCc2ccccc2OC)cc1. The average molecular weight is 341 g/mol. The van der Waals surface area contributed by atoms with Crippen molar-refractivity contribution in [1.82, 2.24) is 5.32 Å². The molecule has 5 nitrogen and oxygen atoms in total. The van der Waals surface area contributed by atoms with Crippen molar-refractivity contribution in [2.75, 3.05) is 20.8 Å². The monoisotopic (exact) mass is 341 g/mol. The van der Waals surface area contributed by atoms with Crippen LogP contribution in [0, 0.1) is 0 Å². The Bertz CT molecular complexity index is 710. The van der Waals surface area contributed by atoms with Gasteiger partial charge in [0.15, 0.2) is 0 Å². The minimum absolute atomic E-state index is 0.0112. The molecule has 1 N–H and O–H groups in total. The van der Waals surface area contributed by atoms with E-state index in [1.165, 1.54) is 7.11 Å².